The molecular weight excluding hydrogens is 852 g/mol. The SMILES string of the molecule is CS/C(=C(/CC(=O)O)C1C(C)CC1F)c1ccc(-c2sc(-c3ccc(-c4cc(CC(=O)O)c(-c5ccc(-c6sccc6CC(=O)O)s5)s4)s3)cc2CC(=O)O)s1. The molecule has 1 aliphatic carbocycles. The van der Waals surface area contributed by atoms with Gasteiger partial charge in [0.05, 0.1) is 25.7 Å². The molecule has 1 fully saturated rings. The number of thioether (sulfide) groups is 1. The maximum absolute atomic E-state index is 14.8. The minimum Gasteiger partial charge on any atom is -0.481 e. The Morgan fingerprint density at radius 1 is 0.643 bits per heavy atom. The van der Waals surface area contributed by atoms with Crippen molar-refractivity contribution in [1.82, 2.24) is 0 Å². The van der Waals surface area contributed by atoms with Crippen LogP contribution in [0.1, 0.15) is 41.3 Å². The van der Waals surface area contributed by atoms with E-state index in [4.69, 9.17) is 0 Å². The lowest BCUT2D eigenvalue weighted by Crippen LogP contribution is -2.38. The Kier molecular flexibility index (Phi) is 12.2. The molecule has 6 aromatic rings. The molecule has 3 atom stereocenters. The van der Waals surface area contributed by atoms with Gasteiger partial charge in [-0.2, -0.15) is 0 Å². The van der Waals surface area contributed by atoms with Crippen LogP contribution in [-0.4, -0.2) is 56.7 Å². The summed E-state index contributed by atoms with van der Waals surface area (Å²) in [6.45, 7) is 1.95. The molecule has 7 rings (SSSR count). The summed E-state index contributed by atoms with van der Waals surface area (Å²) >= 11 is 10.4. The van der Waals surface area contributed by atoms with Crippen LogP contribution in [0.2, 0.25) is 0 Å². The molecule has 0 amide bonds. The highest BCUT2D eigenvalue weighted by atomic mass is 32.2. The topological polar surface area (TPSA) is 149 Å². The lowest BCUT2D eigenvalue weighted by Gasteiger charge is -2.40. The van der Waals surface area contributed by atoms with Crippen molar-refractivity contribution >= 4 is 109 Å². The van der Waals surface area contributed by atoms with E-state index < -0.39 is 36.0 Å². The number of rotatable bonds is 16. The Morgan fingerprint density at radius 3 is 1.66 bits per heavy atom. The van der Waals surface area contributed by atoms with Crippen LogP contribution in [0.25, 0.3) is 53.7 Å². The molecule has 3 unspecified atom stereocenters. The highest BCUT2D eigenvalue weighted by molar-refractivity contribution is 8.07. The number of alkyl halides is 1. The first-order chi connectivity index (χ1) is 26.8. The zero-order valence-corrected chi connectivity index (χ0v) is 35.4. The molecule has 0 radical (unpaired) electrons. The van der Waals surface area contributed by atoms with Crippen LogP contribution in [0, 0.1) is 11.8 Å². The predicted molar refractivity (Wildman–Crippen MR) is 230 cm³/mol. The summed E-state index contributed by atoms with van der Waals surface area (Å²) in [5.41, 5.74) is 2.69. The van der Waals surface area contributed by atoms with Gasteiger partial charge in [0.25, 0.3) is 0 Å². The molecule has 0 saturated heterocycles. The fourth-order valence-corrected chi connectivity index (χ4v) is 15.0. The molecule has 56 heavy (non-hydrogen) atoms. The molecule has 0 aliphatic heterocycles. The second-order valence-corrected chi connectivity index (χ2v) is 20.4. The van der Waals surface area contributed by atoms with E-state index in [1.165, 1.54) is 79.8 Å². The summed E-state index contributed by atoms with van der Waals surface area (Å²) in [5, 5.41) is 40.6. The third-order valence-electron chi connectivity index (χ3n) is 9.43. The van der Waals surface area contributed by atoms with E-state index in [-0.39, 0.29) is 31.6 Å². The molecule has 290 valence electrons. The van der Waals surface area contributed by atoms with E-state index >= 15 is 0 Å². The van der Waals surface area contributed by atoms with Gasteiger partial charge in [0.1, 0.15) is 6.17 Å². The molecule has 1 aliphatic rings. The van der Waals surface area contributed by atoms with Gasteiger partial charge in [-0.25, -0.2) is 4.39 Å². The fourth-order valence-electron chi connectivity index (χ4n) is 7.00. The zero-order chi connectivity index (χ0) is 39.8. The van der Waals surface area contributed by atoms with Gasteiger partial charge in [0.15, 0.2) is 0 Å². The highest BCUT2D eigenvalue weighted by Crippen LogP contribution is 2.51. The summed E-state index contributed by atoms with van der Waals surface area (Å²) in [7, 11) is 0. The number of aliphatic carboxylic acids is 4. The lowest BCUT2D eigenvalue weighted by molar-refractivity contribution is -0.137. The van der Waals surface area contributed by atoms with Crippen LogP contribution >= 0.6 is 79.8 Å². The number of thiophene rings is 6. The number of hydrogen-bond donors (Lipinski definition) is 4. The summed E-state index contributed by atoms with van der Waals surface area (Å²) in [6.07, 6.45) is 0.533. The Morgan fingerprint density at radius 2 is 1.14 bits per heavy atom. The number of carbonyl (C=O) groups is 4. The third kappa shape index (κ3) is 8.51. The molecular formula is C40H33FO8S7. The van der Waals surface area contributed by atoms with Crippen molar-refractivity contribution < 1.29 is 44.0 Å². The van der Waals surface area contributed by atoms with Gasteiger partial charge in [-0.05, 0) is 101 Å². The van der Waals surface area contributed by atoms with Crippen LogP contribution < -0.4 is 0 Å². The van der Waals surface area contributed by atoms with E-state index in [0.29, 0.717) is 23.1 Å². The van der Waals surface area contributed by atoms with Gasteiger partial charge in [-0.3, -0.25) is 19.2 Å². The fraction of sp³-hybridized carbons (Fsp3) is 0.250. The first-order valence-corrected chi connectivity index (χ1v) is 23.4. The van der Waals surface area contributed by atoms with Crippen LogP contribution in [0.4, 0.5) is 4.39 Å². The molecule has 16 heteroatoms. The number of halogens is 1. The molecule has 0 bridgehead atoms. The van der Waals surface area contributed by atoms with Crippen molar-refractivity contribution in [3.05, 3.63) is 87.1 Å². The molecule has 1 saturated carbocycles. The average molecular weight is 885 g/mol. The standard InChI is InChI=1S/C40H33FO8S7/c1-18-11-23(41)36(18)22(17-35(48)49)40(50-2)29-8-7-28(54-29)39-21(16-34(46)47)13-31(56-39)25-4-3-24(52-25)30-12-20(15-33(44)45)38(55-30)27-6-5-26(53-27)37-19(9-10-51-37)14-32(42)43/h3-10,12-13,18,23,36H,11,14-17H2,1-2H3,(H,42,43)(H,44,45)(H,46,47)(H,48,49)/b40-22-. The molecule has 6 aromatic heterocycles. The van der Waals surface area contributed by atoms with Crippen molar-refractivity contribution in [2.24, 2.45) is 11.8 Å². The Bertz CT molecular complexity index is 2480. The zero-order valence-electron chi connectivity index (χ0n) is 29.7. The van der Waals surface area contributed by atoms with Crippen LogP contribution in [0.15, 0.2) is 65.6 Å². The quantitative estimate of drug-likeness (QED) is 0.0745. The molecule has 0 aromatic carbocycles. The minimum absolute atomic E-state index is 0.0449. The van der Waals surface area contributed by atoms with Crippen molar-refractivity contribution in [1.29, 1.82) is 0 Å². The van der Waals surface area contributed by atoms with Crippen LogP contribution in [0.5, 0.6) is 0 Å². The molecule has 0 spiro atoms. The van der Waals surface area contributed by atoms with Gasteiger partial charge < -0.3 is 20.4 Å². The van der Waals surface area contributed by atoms with E-state index in [1.54, 1.807) is 0 Å². The first-order valence-electron chi connectivity index (χ1n) is 17.2. The third-order valence-corrected chi connectivity index (χ3v) is 18.0. The summed E-state index contributed by atoms with van der Waals surface area (Å²) in [4.78, 5) is 57.7. The van der Waals surface area contributed by atoms with Crippen LogP contribution in [-0.2, 0) is 38.4 Å². The normalized spacial score (nSPS) is 17.1. The van der Waals surface area contributed by atoms with Gasteiger partial charge in [0, 0.05) is 64.5 Å². The average Bonchev–Trinajstić information content (AvgIpc) is 3.96. The highest BCUT2D eigenvalue weighted by Gasteiger charge is 2.42. The van der Waals surface area contributed by atoms with E-state index in [0.717, 1.165) is 64.1 Å². The predicted octanol–water partition coefficient (Wildman–Crippen LogP) is 11.8. The molecule has 4 N–H and O–H groups in total. The Balaban J connectivity index is 1.21. The van der Waals surface area contributed by atoms with Crippen LogP contribution in [0.3, 0.4) is 0 Å². The smallest absolute Gasteiger partial charge is 0.307 e. The van der Waals surface area contributed by atoms with Crippen molar-refractivity contribution in [2.75, 3.05) is 6.26 Å². The monoisotopic (exact) mass is 884 g/mol. The van der Waals surface area contributed by atoms with Gasteiger partial charge in [-0.1, -0.05) is 6.92 Å². The second kappa shape index (κ2) is 16.9. The maximum atomic E-state index is 14.8. The van der Waals surface area contributed by atoms with Crippen molar-refractivity contribution in [3.63, 3.8) is 0 Å². The molecule has 8 nitrogen and oxygen atoms in total. The Hall–Kier alpha value is -3.90. The first kappa shape index (κ1) is 40.3. The lowest BCUT2D eigenvalue weighted by atomic mass is 9.68. The van der Waals surface area contributed by atoms with Gasteiger partial charge in [-0.15, -0.1) is 79.8 Å². The number of carboxylic acid groups (broad SMARTS) is 4. The van der Waals surface area contributed by atoms with Crippen molar-refractivity contribution in [2.45, 2.75) is 45.2 Å². The number of carboxylic acids is 4. The van der Waals surface area contributed by atoms with E-state index in [9.17, 15) is 44.0 Å². The molecule has 6 heterocycles. The van der Waals surface area contributed by atoms with E-state index in [1.807, 2.05) is 73.2 Å². The van der Waals surface area contributed by atoms with Crippen molar-refractivity contribution in [3.8, 4) is 48.8 Å². The Labute approximate surface area is 349 Å². The largest absolute Gasteiger partial charge is 0.481 e. The van der Waals surface area contributed by atoms with Gasteiger partial charge in [0.2, 0.25) is 0 Å². The summed E-state index contributed by atoms with van der Waals surface area (Å²) < 4.78 is 14.8. The minimum atomic E-state index is -1.08. The maximum Gasteiger partial charge on any atom is 0.307 e. The van der Waals surface area contributed by atoms with Gasteiger partial charge >= 0.3 is 23.9 Å². The number of hydrogen-bond acceptors (Lipinski definition) is 11. The second-order valence-electron chi connectivity index (χ2n) is 13.3. The van der Waals surface area contributed by atoms with E-state index in [2.05, 4.69) is 0 Å². The summed E-state index contributed by atoms with van der Waals surface area (Å²) in [6, 6.07) is 17.3. The summed E-state index contributed by atoms with van der Waals surface area (Å²) in [5.74, 6) is -4.22.